The van der Waals surface area contributed by atoms with E-state index in [1.165, 1.54) is 31.5 Å². The van der Waals surface area contributed by atoms with Crippen LogP contribution in [0.15, 0.2) is 113 Å². The van der Waals surface area contributed by atoms with Gasteiger partial charge in [-0.25, -0.2) is 4.98 Å². The molecule has 0 radical (unpaired) electrons. The van der Waals surface area contributed by atoms with Gasteiger partial charge in [-0.1, -0.05) is 52.0 Å². The number of nitrogens with two attached hydrogens (primary N) is 1. The molecule has 0 atom stereocenters. The van der Waals surface area contributed by atoms with Crippen LogP contribution in [-0.2, 0) is 0 Å². The molecular weight excluding hydrogens is 662 g/mol. The number of halogens is 3. The lowest BCUT2D eigenvalue weighted by molar-refractivity contribution is -0.0899. The van der Waals surface area contributed by atoms with Gasteiger partial charge >= 0.3 is 6.18 Å². The molecule has 2 fully saturated rings. The summed E-state index contributed by atoms with van der Waals surface area (Å²) >= 11 is 0. The highest BCUT2D eigenvalue weighted by molar-refractivity contribution is 5.60. The number of rotatable bonds is 15. The summed E-state index contributed by atoms with van der Waals surface area (Å²) < 4.78 is 44.3. The smallest absolute Gasteiger partial charge is 0.405 e. The van der Waals surface area contributed by atoms with E-state index in [0.29, 0.717) is 49.4 Å². The Morgan fingerprint density at radius 2 is 1.87 bits per heavy atom. The van der Waals surface area contributed by atoms with E-state index in [0.717, 1.165) is 66.0 Å². The summed E-state index contributed by atoms with van der Waals surface area (Å²) in [5, 5.41) is 9.72. The van der Waals surface area contributed by atoms with E-state index in [4.69, 9.17) is 10.7 Å². The van der Waals surface area contributed by atoms with E-state index >= 15 is 0 Å². The third-order valence-corrected chi connectivity index (χ3v) is 10.6. The molecule has 1 aromatic rings. The number of alkyl halides is 3. The zero-order valence-corrected chi connectivity index (χ0v) is 31.4. The molecule has 5 N–H and O–H groups in total. The molecule has 2 aliphatic carbocycles. The van der Waals surface area contributed by atoms with Gasteiger partial charge in [-0.15, -0.1) is 0 Å². The first kappa shape index (κ1) is 38.8. The lowest BCUT2D eigenvalue weighted by Crippen LogP contribution is -2.52. The van der Waals surface area contributed by atoms with Crippen molar-refractivity contribution >= 4 is 11.5 Å². The second-order valence-corrected chi connectivity index (χ2v) is 14.9. The molecule has 282 valence electrons. The highest BCUT2D eigenvalue weighted by Crippen LogP contribution is 2.47. The maximum atomic E-state index is 14.8. The van der Waals surface area contributed by atoms with Crippen LogP contribution in [0.1, 0.15) is 65.7 Å². The molecule has 52 heavy (non-hydrogen) atoms. The molecule has 0 amide bonds. The second kappa shape index (κ2) is 17.0. The number of hydrogen-bond acceptors (Lipinski definition) is 8. The zero-order valence-electron chi connectivity index (χ0n) is 31.4. The lowest BCUT2D eigenvalue weighted by atomic mass is 9.87. The molecule has 0 bridgehead atoms. The quantitative estimate of drug-likeness (QED) is 0.108. The first-order valence-electron chi connectivity index (χ1n) is 18.6. The summed E-state index contributed by atoms with van der Waals surface area (Å²) in [6.07, 6.45) is 13.1. The van der Waals surface area contributed by atoms with Crippen LogP contribution in [-0.4, -0.2) is 73.3 Å². The van der Waals surface area contributed by atoms with Crippen LogP contribution >= 0.6 is 0 Å². The van der Waals surface area contributed by atoms with Gasteiger partial charge in [0.25, 0.3) is 0 Å². The molecule has 8 nitrogen and oxygen atoms in total. The third kappa shape index (κ3) is 9.53. The summed E-state index contributed by atoms with van der Waals surface area (Å²) in [6.45, 7) is 19.2. The molecule has 11 heteroatoms. The minimum absolute atomic E-state index is 0.122. The molecule has 5 rings (SSSR count). The maximum absolute atomic E-state index is 14.8. The number of likely N-dealkylation sites (N-methyl/N-ethyl adjacent to an activating group) is 1. The topological polar surface area (TPSA) is 84.7 Å². The van der Waals surface area contributed by atoms with Crippen LogP contribution in [0.5, 0.6) is 0 Å². The fourth-order valence-corrected chi connectivity index (χ4v) is 7.53. The minimum atomic E-state index is -4.50. The minimum Gasteiger partial charge on any atom is -0.405 e. The summed E-state index contributed by atoms with van der Waals surface area (Å²) in [6, 6.07) is 4.85. The Hall–Kier alpha value is -4.38. The molecule has 0 aromatic carbocycles. The molecule has 0 spiro atoms. The van der Waals surface area contributed by atoms with E-state index in [2.05, 4.69) is 45.0 Å². The molecular formula is C41H57F3N8. The first-order chi connectivity index (χ1) is 24.8. The normalized spacial score (nSPS) is 20.8. The number of piperazine rings is 1. The van der Waals surface area contributed by atoms with Crippen molar-refractivity contribution in [1.29, 1.82) is 0 Å². The Bertz CT molecular complexity index is 1630. The van der Waals surface area contributed by atoms with Crippen LogP contribution in [0.2, 0.25) is 0 Å². The number of allylic oxidation sites excluding steroid dienone is 9. The van der Waals surface area contributed by atoms with Crippen LogP contribution in [0.3, 0.4) is 0 Å². The van der Waals surface area contributed by atoms with Crippen molar-refractivity contribution in [3.8, 4) is 0 Å². The van der Waals surface area contributed by atoms with Crippen molar-refractivity contribution in [2.24, 2.45) is 11.1 Å². The lowest BCUT2D eigenvalue weighted by Gasteiger charge is -2.43. The van der Waals surface area contributed by atoms with E-state index in [1.54, 1.807) is 12.3 Å². The Labute approximate surface area is 308 Å². The van der Waals surface area contributed by atoms with Gasteiger partial charge in [-0.05, 0) is 91.8 Å². The standard InChI is InChI=1S/C41H57F3N8/c1-7-30(12-14-36(41(42,43)44)35-25-40(4,5)26-38(35)47-19-18-46-8-2)34(16-17-45)31-24-37(29(3)50(6)28-31)49-39-15-13-33(27-48-39)52-22-20-51(21-23-52)32-10-9-11-32/h8,13-17,24,27-28,32,46-47H,2-3,7,9-12,18-23,25-26,45H2,1,4-6H3,(H,48,49)/b17-16-,34-30+,36-14-. The number of pyridine rings is 1. The average molecular weight is 719 g/mol. The third-order valence-electron chi connectivity index (χ3n) is 10.6. The maximum Gasteiger partial charge on any atom is 0.416 e. The molecule has 1 saturated heterocycles. The summed E-state index contributed by atoms with van der Waals surface area (Å²) in [5.74, 6) is 0.685. The Kier molecular flexibility index (Phi) is 12.7. The van der Waals surface area contributed by atoms with Gasteiger partial charge in [-0.3, -0.25) is 4.90 Å². The summed E-state index contributed by atoms with van der Waals surface area (Å²) in [4.78, 5) is 11.7. The Morgan fingerprint density at radius 3 is 2.46 bits per heavy atom. The first-order valence-corrected chi connectivity index (χ1v) is 18.6. The van der Waals surface area contributed by atoms with Crippen molar-refractivity contribution in [2.45, 2.75) is 77.9 Å². The predicted molar refractivity (Wildman–Crippen MR) is 208 cm³/mol. The monoisotopic (exact) mass is 718 g/mol. The zero-order chi connectivity index (χ0) is 37.5. The van der Waals surface area contributed by atoms with Crippen molar-refractivity contribution in [3.63, 3.8) is 0 Å². The van der Waals surface area contributed by atoms with E-state index in [1.807, 2.05) is 57.3 Å². The molecule has 1 saturated carbocycles. The van der Waals surface area contributed by atoms with Crippen LogP contribution < -0.4 is 26.6 Å². The average Bonchev–Trinajstić information content (AvgIpc) is 3.38. The van der Waals surface area contributed by atoms with Crippen LogP contribution in [0, 0.1) is 5.41 Å². The van der Waals surface area contributed by atoms with Crippen molar-refractivity contribution in [3.05, 3.63) is 113 Å². The molecule has 0 unspecified atom stereocenters. The molecule has 3 heterocycles. The van der Waals surface area contributed by atoms with Crippen molar-refractivity contribution in [2.75, 3.05) is 56.5 Å². The summed E-state index contributed by atoms with van der Waals surface area (Å²) in [5.41, 5.74) is 11.1. The number of anilines is 2. The number of aromatic nitrogens is 1. The van der Waals surface area contributed by atoms with Gasteiger partial charge in [0, 0.05) is 69.8 Å². The summed E-state index contributed by atoms with van der Waals surface area (Å²) in [7, 11) is 1.90. The van der Waals surface area contributed by atoms with Gasteiger partial charge in [0.2, 0.25) is 0 Å². The van der Waals surface area contributed by atoms with E-state index < -0.39 is 11.7 Å². The fourth-order valence-electron chi connectivity index (χ4n) is 7.53. The van der Waals surface area contributed by atoms with Gasteiger partial charge in [0.1, 0.15) is 5.82 Å². The number of hydrogen-bond donors (Lipinski definition) is 4. The molecule has 1 aromatic heterocycles. The van der Waals surface area contributed by atoms with E-state index in [9.17, 15) is 13.2 Å². The van der Waals surface area contributed by atoms with Gasteiger partial charge < -0.3 is 31.5 Å². The highest BCUT2D eigenvalue weighted by Gasteiger charge is 2.42. The van der Waals surface area contributed by atoms with Gasteiger partial charge in [0.15, 0.2) is 0 Å². The molecule has 2 aliphatic heterocycles. The Balaban J connectivity index is 1.37. The number of nitrogens with one attached hydrogen (secondary N) is 3. The van der Waals surface area contributed by atoms with Crippen LogP contribution in [0.25, 0.3) is 0 Å². The second-order valence-electron chi connectivity index (χ2n) is 14.9. The largest absolute Gasteiger partial charge is 0.416 e. The predicted octanol–water partition coefficient (Wildman–Crippen LogP) is 7.85. The fraction of sp³-hybridized carbons (Fsp3) is 0.488. The van der Waals surface area contributed by atoms with Gasteiger partial charge in [0.05, 0.1) is 28.9 Å². The highest BCUT2D eigenvalue weighted by atomic mass is 19.4. The SMILES string of the molecule is C=CNCCNC1=C(/C(=C/C/C(CC)=C(\C=C/N)C2=CN(C)C(=C)C(Nc3ccc(N4CCN(C5CCC5)CC4)cn3)=C2)C(F)(F)F)CC(C)(C)C1. The Morgan fingerprint density at radius 1 is 1.12 bits per heavy atom. The molecule has 4 aliphatic rings. The van der Waals surface area contributed by atoms with Crippen molar-refractivity contribution in [1.82, 2.24) is 25.4 Å². The number of nitrogens with zero attached hydrogens (tertiary/aromatic N) is 4. The van der Waals surface area contributed by atoms with E-state index in [-0.39, 0.29) is 11.8 Å². The van der Waals surface area contributed by atoms with Crippen LogP contribution in [0.4, 0.5) is 24.7 Å². The van der Waals surface area contributed by atoms with Gasteiger partial charge in [-0.2, -0.15) is 13.2 Å². The van der Waals surface area contributed by atoms with Crippen molar-refractivity contribution < 1.29 is 13.2 Å².